The standard InChI is InChI=1S/C16H28O/c1-2-3-4-5-6-7-8-9-10-11-12-13-14-15-16-17/h1,16H,3-15H2. The minimum absolute atomic E-state index is 0.748. The molecular formula is C16H28O. The molecule has 0 saturated carbocycles. The number of unbranched alkanes of at least 4 members (excludes halogenated alkanes) is 12. The molecule has 0 aliphatic heterocycles. The zero-order chi connectivity index (χ0) is 12.6. The van der Waals surface area contributed by atoms with Crippen molar-refractivity contribution in [2.75, 3.05) is 0 Å². The highest BCUT2D eigenvalue weighted by atomic mass is 16.1. The Balaban J connectivity index is 2.89. The quantitative estimate of drug-likeness (QED) is 0.253. The minimum atomic E-state index is 0.748. The first-order valence-electron chi connectivity index (χ1n) is 7.29. The molecule has 0 atom stereocenters. The maximum Gasteiger partial charge on any atom is 0.119 e. The second kappa shape index (κ2) is 15.2. The Morgan fingerprint density at radius 3 is 1.53 bits per heavy atom. The molecular weight excluding hydrogens is 208 g/mol. The van der Waals surface area contributed by atoms with Gasteiger partial charge < -0.3 is 4.79 Å². The van der Waals surface area contributed by atoms with Crippen molar-refractivity contribution in [1.82, 2.24) is 0 Å². The largest absolute Gasteiger partial charge is 0.303 e. The summed E-state index contributed by atoms with van der Waals surface area (Å²) in [5.74, 6) is 2.69. The van der Waals surface area contributed by atoms with Crippen LogP contribution in [0.15, 0.2) is 0 Å². The number of terminal acetylenes is 1. The van der Waals surface area contributed by atoms with Crippen LogP contribution in [-0.4, -0.2) is 6.29 Å². The van der Waals surface area contributed by atoms with E-state index < -0.39 is 0 Å². The predicted octanol–water partition coefficient (Wildman–Crippen LogP) is 4.89. The lowest BCUT2D eigenvalue weighted by molar-refractivity contribution is -0.107. The number of carbonyl (C=O) groups excluding carboxylic acids is 1. The Morgan fingerprint density at radius 2 is 1.12 bits per heavy atom. The molecule has 98 valence electrons. The van der Waals surface area contributed by atoms with Gasteiger partial charge in [-0.15, -0.1) is 12.3 Å². The van der Waals surface area contributed by atoms with Gasteiger partial charge in [-0.2, -0.15) is 0 Å². The second-order valence-electron chi connectivity index (χ2n) is 4.80. The van der Waals surface area contributed by atoms with Gasteiger partial charge in [-0.05, 0) is 12.8 Å². The Labute approximate surface area is 107 Å². The summed E-state index contributed by atoms with van der Waals surface area (Å²) in [6, 6.07) is 0. The number of aldehydes is 1. The lowest BCUT2D eigenvalue weighted by Gasteiger charge is -2.01. The van der Waals surface area contributed by atoms with Crippen LogP contribution < -0.4 is 0 Å². The lowest BCUT2D eigenvalue weighted by Crippen LogP contribution is -1.83. The maximum absolute atomic E-state index is 10.1. The van der Waals surface area contributed by atoms with Crippen LogP contribution in [0.25, 0.3) is 0 Å². The molecule has 0 aromatic carbocycles. The predicted molar refractivity (Wildman–Crippen MR) is 74.9 cm³/mol. The molecule has 0 aromatic heterocycles. The molecule has 0 aliphatic rings. The van der Waals surface area contributed by atoms with E-state index in [4.69, 9.17) is 6.42 Å². The second-order valence-corrected chi connectivity index (χ2v) is 4.80. The molecule has 0 N–H and O–H groups in total. The zero-order valence-electron chi connectivity index (χ0n) is 11.3. The molecule has 0 unspecified atom stereocenters. The van der Waals surface area contributed by atoms with Gasteiger partial charge in [0.1, 0.15) is 6.29 Å². The summed E-state index contributed by atoms with van der Waals surface area (Å²) >= 11 is 0. The van der Waals surface area contributed by atoms with Gasteiger partial charge in [-0.3, -0.25) is 0 Å². The van der Waals surface area contributed by atoms with Crippen molar-refractivity contribution in [2.45, 2.75) is 83.5 Å². The molecule has 0 amide bonds. The van der Waals surface area contributed by atoms with Crippen LogP contribution in [0.1, 0.15) is 83.5 Å². The van der Waals surface area contributed by atoms with E-state index in [1.54, 1.807) is 0 Å². The molecule has 0 saturated heterocycles. The molecule has 0 radical (unpaired) electrons. The Morgan fingerprint density at radius 1 is 0.706 bits per heavy atom. The van der Waals surface area contributed by atoms with Crippen LogP contribution in [0.3, 0.4) is 0 Å². The van der Waals surface area contributed by atoms with Crippen LogP contribution in [0.5, 0.6) is 0 Å². The molecule has 0 spiro atoms. The van der Waals surface area contributed by atoms with Crippen LogP contribution in [0, 0.1) is 12.3 Å². The van der Waals surface area contributed by atoms with E-state index in [0.717, 1.165) is 25.5 Å². The fourth-order valence-electron chi connectivity index (χ4n) is 2.05. The normalized spacial score (nSPS) is 10.1. The number of hydrogen-bond donors (Lipinski definition) is 0. The van der Waals surface area contributed by atoms with Crippen molar-refractivity contribution >= 4 is 6.29 Å². The van der Waals surface area contributed by atoms with Crippen molar-refractivity contribution in [1.29, 1.82) is 0 Å². The third-order valence-corrected chi connectivity index (χ3v) is 3.14. The van der Waals surface area contributed by atoms with Gasteiger partial charge in [0.15, 0.2) is 0 Å². The average Bonchev–Trinajstić information content (AvgIpc) is 2.35. The monoisotopic (exact) mass is 236 g/mol. The van der Waals surface area contributed by atoms with Crippen LogP contribution in [0.2, 0.25) is 0 Å². The molecule has 0 heterocycles. The van der Waals surface area contributed by atoms with E-state index in [1.165, 1.54) is 64.2 Å². The SMILES string of the molecule is C#CCCCCCCCCCCCCCC=O. The summed E-state index contributed by atoms with van der Waals surface area (Å²) in [5, 5.41) is 0. The van der Waals surface area contributed by atoms with Gasteiger partial charge >= 0.3 is 0 Å². The van der Waals surface area contributed by atoms with E-state index in [0.29, 0.717) is 0 Å². The molecule has 1 heteroatoms. The lowest BCUT2D eigenvalue weighted by atomic mass is 10.0. The smallest absolute Gasteiger partial charge is 0.119 e. The molecule has 0 rings (SSSR count). The Bertz CT molecular complexity index is 190. The van der Waals surface area contributed by atoms with E-state index in [-0.39, 0.29) is 0 Å². The van der Waals surface area contributed by atoms with Crippen molar-refractivity contribution in [3.05, 3.63) is 0 Å². The summed E-state index contributed by atoms with van der Waals surface area (Å²) in [7, 11) is 0. The van der Waals surface area contributed by atoms with E-state index in [9.17, 15) is 4.79 Å². The van der Waals surface area contributed by atoms with Crippen LogP contribution in [-0.2, 0) is 4.79 Å². The first-order chi connectivity index (χ1) is 8.41. The van der Waals surface area contributed by atoms with E-state index in [1.807, 2.05) is 0 Å². The average molecular weight is 236 g/mol. The summed E-state index contributed by atoms with van der Waals surface area (Å²) in [4.78, 5) is 10.1. The van der Waals surface area contributed by atoms with Gasteiger partial charge in [-0.1, -0.05) is 57.8 Å². The molecule has 0 fully saturated rings. The van der Waals surface area contributed by atoms with Crippen LogP contribution >= 0.6 is 0 Å². The molecule has 0 aromatic rings. The Kier molecular flexibility index (Phi) is 14.5. The molecule has 1 nitrogen and oxygen atoms in total. The van der Waals surface area contributed by atoms with Gasteiger partial charge in [0.25, 0.3) is 0 Å². The molecule has 17 heavy (non-hydrogen) atoms. The summed E-state index contributed by atoms with van der Waals surface area (Å²) in [5.41, 5.74) is 0. The first-order valence-corrected chi connectivity index (χ1v) is 7.29. The highest BCUT2D eigenvalue weighted by Gasteiger charge is 1.93. The van der Waals surface area contributed by atoms with E-state index in [2.05, 4.69) is 5.92 Å². The molecule has 0 aliphatic carbocycles. The maximum atomic E-state index is 10.1. The topological polar surface area (TPSA) is 17.1 Å². The Hall–Kier alpha value is -0.770. The number of rotatable bonds is 13. The van der Waals surface area contributed by atoms with Crippen molar-refractivity contribution in [3.63, 3.8) is 0 Å². The van der Waals surface area contributed by atoms with Crippen LogP contribution in [0.4, 0.5) is 0 Å². The van der Waals surface area contributed by atoms with E-state index >= 15 is 0 Å². The fourth-order valence-corrected chi connectivity index (χ4v) is 2.05. The van der Waals surface area contributed by atoms with Gasteiger partial charge in [0, 0.05) is 12.8 Å². The summed E-state index contributed by atoms with van der Waals surface area (Å²) < 4.78 is 0. The number of hydrogen-bond acceptors (Lipinski definition) is 1. The van der Waals surface area contributed by atoms with Crippen molar-refractivity contribution < 1.29 is 4.79 Å². The molecule has 0 bridgehead atoms. The third kappa shape index (κ3) is 15.2. The van der Waals surface area contributed by atoms with Crippen molar-refractivity contribution in [2.24, 2.45) is 0 Å². The summed E-state index contributed by atoms with van der Waals surface area (Å²) in [6.45, 7) is 0. The van der Waals surface area contributed by atoms with Gasteiger partial charge in [0.05, 0.1) is 0 Å². The summed E-state index contributed by atoms with van der Waals surface area (Å²) in [6.07, 6.45) is 22.2. The fraction of sp³-hybridized carbons (Fsp3) is 0.812. The van der Waals surface area contributed by atoms with Gasteiger partial charge in [-0.25, -0.2) is 0 Å². The van der Waals surface area contributed by atoms with Crippen molar-refractivity contribution in [3.8, 4) is 12.3 Å². The highest BCUT2D eigenvalue weighted by Crippen LogP contribution is 2.12. The van der Waals surface area contributed by atoms with Gasteiger partial charge in [0.2, 0.25) is 0 Å². The number of carbonyl (C=O) groups is 1. The first kappa shape index (κ1) is 16.2. The minimum Gasteiger partial charge on any atom is -0.303 e. The third-order valence-electron chi connectivity index (χ3n) is 3.14. The highest BCUT2D eigenvalue weighted by molar-refractivity contribution is 5.48. The zero-order valence-corrected chi connectivity index (χ0v) is 11.3.